The van der Waals surface area contributed by atoms with Crippen LogP contribution in [-0.2, 0) is 6.42 Å². The summed E-state index contributed by atoms with van der Waals surface area (Å²) in [5, 5.41) is 7.66. The van der Waals surface area contributed by atoms with Crippen LogP contribution in [0.3, 0.4) is 0 Å². The lowest BCUT2D eigenvalue weighted by Crippen LogP contribution is -2.05. The standard InChI is InChI=1S/C8H11N5O2S/c1-14-6-7(9)13-16-8(6)10-3-2-5-11-4-15-12-5/h4,10H,2-3H2,1H3,(H2,9,13). The van der Waals surface area contributed by atoms with Crippen molar-refractivity contribution in [3.05, 3.63) is 12.2 Å². The van der Waals surface area contributed by atoms with Crippen LogP contribution in [-0.4, -0.2) is 28.2 Å². The number of nitrogen functional groups attached to an aromatic ring is 1. The Balaban J connectivity index is 1.89. The molecule has 0 aliphatic carbocycles. The van der Waals surface area contributed by atoms with Crippen LogP contribution in [0.2, 0.25) is 0 Å². The number of ether oxygens (including phenoxy) is 1. The topological polar surface area (TPSA) is 99.1 Å². The van der Waals surface area contributed by atoms with Crippen LogP contribution in [0.1, 0.15) is 5.82 Å². The fourth-order valence-corrected chi connectivity index (χ4v) is 1.90. The Kier molecular flexibility index (Phi) is 3.20. The van der Waals surface area contributed by atoms with E-state index >= 15 is 0 Å². The average Bonchev–Trinajstić information content (AvgIpc) is 2.89. The normalized spacial score (nSPS) is 10.3. The lowest BCUT2D eigenvalue weighted by Gasteiger charge is -2.03. The largest absolute Gasteiger partial charge is 0.490 e. The maximum Gasteiger partial charge on any atom is 0.213 e. The number of hydrogen-bond acceptors (Lipinski definition) is 8. The van der Waals surface area contributed by atoms with Gasteiger partial charge in [-0.05, 0) is 11.5 Å². The van der Waals surface area contributed by atoms with Gasteiger partial charge in [-0.25, -0.2) is 0 Å². The Morgan fingerprint density at radius 3 is 3.19 bits per heavy atom. The highest BCUT2D eigenvalue weighted by molar-refractivity contribution is 7.11. The van der Waals surface area contributed by atoms with Crippen molar-refractivity contribution in [1.82, 2.24) is 14.5 Å². The smallest absolute Gasteiger partial charge is 0.213 e. The van der Waals surface area contributed by atoms with E-state index in [1.165, 1.54) is 17.9 Å². The first-order valence-corrected chi connectivity index (χ1v) is 5.37. The number of anilines is 2. The summed E-state index contributed by atoms with van der Waals surface area (Å²) in [7, 11) is 1.56. The summed E-state index contributed by atoms with van der Waals surface area (Å²) >= 11 is 1.26. The molecule has 0 saturated heterocycles. The van der Waals surface area contributed by atoms with Gasteiger partial charge in [0.05, 0.1) is 7.11 Å². The van der Waals surface area contributed by atoms with E-state index in [4.69, 9.17) is 10.5 Å². The lowest BCUT2D eigenvalue weighted by molar-refractivity contribution is 0.410. The van der Waals surface area contributed by atoms with Crippen LogP contribution in [0, 0.1) is 0 Å². The van der Waals surface area contributed by atoms with Crippen molar-refractivity contribution in [2.75, 3.05) is 24.7 Å². The van der Waals surface area contributed by atoms with Gasteiger partial charge in [0.15, 0.2) is 22.4 Å². The van der Waals surface area contributed by atoms with E-state index < -0.39 is 0 Å². The van der Waals surface area contributed by atoms with Gasteiger partial charge in [0.25, 0.3) is 0 Å². The van der Waals surface area contributed by atoms with Crippen molar-refractivity contribution >= 4 is 22.4 Å². The van der Waals surface area contributed by atoms with Gasteiger partial charge < -0.3 is 20.3 Å². The summed E-state index contributed by atoms with van der Waals surface area (Å²) < 4.78 is 13.7. The summed E-state index contributed by atoms with van der Waals surface area (Å²) in [6.07, 6.45) is 1.97. The van der Waals surface area contributed by atoms with Crippen LogP contribution >= 0.6 is 11.5 Å². The first-order valence-electron chi connectivity index (χ1n) is 4.59. The van der Waals surface area contributed by atoms with Gasteiger partial charge in [0.2, 0.25) is 6.39 Å². The van der Waals surface area contributed by atoms with Crippen molar-refractivity contribution in [1.29, 1.82) is 0 Å². The second kappa shape index (κ2) is 4.79. The molecule has 0 aliphatic rings. The van der Waals surface area contributed by atoms with Crippen LogP contribution in [0.5, 0.6) is 5.75 Å². The van der Waals surface area contributed by atoms with E-state index in [0.29, 0.717) is 30.4 Å². The Bertz CT molecular complexity index is 441. The molecule has 0 unspecified atom stereocenters. The third-order valence-corrected chi connectivity index (χ3v) is 2.72. The summed E-state index contributed by atoms with van der Waals surface area (Å²) in [6, 6.07) is 0. The second-order valence-electron chi connectivity index (χ2n) is 2.95. The number of aromatic nitrogens is 3. The van der Waals surface area contributed by atoms with E-state index in [1.807, 2.05) is 0 Å². The molecule has 2 aromatic rings. The predicted octanol–water partition coefficient (Wildman–Crippen LogP) is 0.772. The monoisotopic (exact) mass is 241 g/mol. The SMILES string of the molecule is COc1c(N)nsc1NCCc1ncon1. The molecular formula is C8H11N5O2S. The number of hydrogen-bond donors (Lipinski definition) is 2. The first kappa shape index (κ1) is 10.7. The molecule has 0 fully saturated rings. The molecule has 0 aliphatic heterocycles. The van der Waals surface area contributed by atoms with Gasteiger partial charge in [0.1, 0.15) is 0 Å². The molecule has 3 N–H and O–H groups in total. The molecule has 2 rings (SSSR count). The fourth-order valence-electron chi connectivity index (χ4n) is 1.19. The van der Waals surface area contributed by atoms with Crippen molar-refractivity contribution in [2.24, 2.45) is 0 Å². The maximum absolute atomic E-state index is 5.61. The molecule has 0 radical (unpaired) electrons. The molecule has 0 aromatic carbocycles. The third-order valence-electron chi connectivity index (χ3n) is 1.92. The predicted molar refractivity (Wildman–Crippen MR) is 59.6 cm³/mol. The molecule has 0 bridgehead atoms. The van der Waals surface area contributed by atoms with Gasteiger partial charge in [-0.1, -0.05) is 5.16 Å². The summed E-state index contributed by atoms with van der Waals surface area (Å²) in [6.45, 7) is 0.664. The number of nitrogens with two attached hydrogens (primary N) is 1. The zero-order chi connectivity index (χ0) is 11.4. The summed E-state index contributed by atoms with van der Waals surface area (Å²) in [4.78, 5) is 3.91. The van der Waals surface area contributed by atoms with Gasteiger partial charge in [-0.15, -0.1) is 0 Å². The zero-order valence-corrected chi connectivity index (χ0v) is 9.45. The average molecular weight is 241 g/mol. The maximum atomic E-state index is 5.61. The number of rotatable bonds is 5. The van der Waals surface area contributed by atoms with Gasteiger partial charge >= 0.3 is 0 Å². The van der Waals surface area contributed by atoms with Crippen LogP contribution in [0.4, 0.5) is 10.8 Å². The number of nitrogens with zero attached hydrogens (tertiary/aromatic N) is 3. The van der Waals surface area contributed by atoms with Crippen molar-refractivity contribution < 1.29 is 9.26 Å². The molecule has 16 heavy (non-hydrogen) atoms. The molecule has 0 spiro atoms. The first-order chi connectivity index (χ1) is 7.81. The Hall–Kier alpha value is -1.83. The van der Waals surface area contributed by atoms with Gasteiger partial charge in [-0.2, -0.15) is 9.36 Å². The van der Waals surface area contributed by atoms with E-state index in [9.17, 15) is 0 Å². The second-order valence-corrected chi connectivity index (χ2v) is 3.73. The third kappa shape index (κ3) is 2.22. The lowest BCUT2D eigenvalue weighted by atomic mass is 10.4. The highest BCUT2D eigenvalue weighted by Crippen LogP contribution is 2.34. The number of nitrogens with one attached hydrogen (secondary N) is 1. The molecule has 8 heteroatoms. The Labute approximate surface area is 95.8 Å². The zero-order valence-electron chi connectivity index (χ0n) is 8.64. The Morgan fingerprint density at radius 2 is 2.50 bits per heavy atom. The van der Waals surface area contributed by atoms with Gasteiger partial charge in [-0.3, -0.25) is 0 Å². The quantitative estimate of drug-likeness (QED) is 0.797. The van der Waals surface area contributed by atoms with E-state index in [0.717, 1.165) is 5.00 Å². The van der Waals surface area contributed by atoms with Crippen LogP contribution in [0.25, 0.3) is 0 Å². The van der Waals surface area contributed by atoms with E-state index in [1.54, 1.807) is 7.11 Å². The molecule has 2 aromatic heterocycles. The summed E-state index contributed by atoms with van der Waals surface area (Å²) in [5.74, 6) is 1.64. The van der Waals surface area contributed by atoms with Crippen LogP contribution < -0.4 is 15.8 Å². The molecule has 0 saturated carbocycles. The minimum atomic E-state index is 0.398. The minimum Gasteiger partial charge on any atom is -0.490 e. The molecular weight excluding hydrogens is 230 g/mol. The fraction of sp³-hybridized carbons (Fsp3) is 0.375. The van der Waals surface area contributed by atoms with Crippen molar-refractivity contribution in [3.8, 4) is 5.75 Å². The van der Waals surface area contributed by atoms with E-state index in [-0.39, 0.29) is 0 Å². The van der Waals surface area contributed by atoms with Crippen molar-refractivity contribution in [3.63, 3.8) is 0 Å². The highest BCUT2D eigenvalue weighted by Gasteiger charge is 2.11. The van der Waals surface area contributed by atoms with E-state index in [2.05, 4.69) is 24.4 Å². The highest BCUT2D eigenvalue weighted by atomic mass is 32.1. The number of methoxy groups -OCH3 is 1. The van der Waals surface area contributed by atoms with Crippen LogP contribution in [0.15, 0.2) is 10.9 Å². The molecule has 0 atom stereocenters. The Morgan fingerprint density at radius 1 is 1.62 bits per heavy atom. The molecule has 7 nitrogen and oxygen atoms in total. The summed E-state index contributed by atoms with van der Waals surface area (Å²) in [5.41, 5.74) is 5.61. The van der Waals surface area contributed by atoms with Crippen molar-refractivity contribution in [2.45, 2.75) is 6.42 Å². The molecule has 2 heterocycles. The molecule has 0 amide bonds. The van der Waals surface area contributed by atoms with Gasteiger partial charge in [0, 0.05) is 13.0 Å². The minimum absolute atomic E-state index is 0.398. The molecule has 86 valence electrons.